The lowest BCUT2D eigenvalue weighted by molar-refractivity contribution is -0.114. The highest BCUT2D eigenvalue weighted by molar-refractivity contribution is 6.01. The average Bonchev–Trinajstić information content (AvgIpc) is 2.41. The molecule has 54 valence electrons. The second kappa shape index (κ2) is 2.10. The van der Waals surface area contributed by atoms with Crippen molar-refractivity contribution in [1.29, 1.82) is 0 Å². The van der Waals surface area contributed by atoms with E-state index in [0.717, 1.165) is 0 Å². The lowest BCUT2D eigenvalue weighted by Gasteiger charge is -1.87. The number of carbonyl (C=O) groups is 1. The van der Waals surface area contributed by atoms with Crippen LogP contribution in [0.5, 0.6) is 0 Å². The molecule has 1 heterocycles. The standard InChI is InChI=1S/C8H10O2/c1-4-5-6(9)7-8(2,3)10-7/h7H,1-3H3. The highest BCUT2D eigenvalue weighted by Gasteiger charge is 2.52. The molecule has 10 heavy (non-hydrogen) atoms. The van der Waals surface area contributed by atoms with E-state index in [1.165, 1.54) is 0 Å². The van der Waals surface area contributed by atoms with E-state index in [4.69, 9.17) is 4.74 Å². The first-order chi connectivity index (χ1) is 4.58. The van der Waals surface area contributed by atoms with Gasteiger partial charge in [-0.1, -0.05) is 5.92 Å². The number of Topliss-reactive ketones (excluding diaryl/α,β-unsaturated/α-hetero) is 1. The van der Waals surface area contributed by atoms with E-state index in [0.29, 0.717) is 0 Å². The number of hydrogen-bond donors (Lipinski definition) is 0. The molecule has 1 aliphatic rings. The number of epoxide rings is 1. The summed E-state index contributed by atoms with van der Waals surface area (Å²) < 4.78 is 5.07. The summed E-state index contributed by atoms with van der Waals surface area (Å²) in [5.74, 6) is 4.89. The fraction of sp³-hybridized carbons (Fsp3) is 0.625. The van der Waals surface area contributed by atoms with Gasteiger partial charge in [0.05, 0.1) is 5.60 Å². The molecule has 1 saturated heterocycles. The fourth-order valence-electron chi connectivity index (χ4n) is 0.828. The van der Waals surface area contributed by atoms with E-state index in [9.17, 15) is 4.79 Å². The molecule has 1 atom stereocenters. The van der Waals surface area contributed by atoms with E-state index in [1.54, 1.807) is 6.92 Å². The smallest absolute Gasteiger partial charge is 0.237 e. The molecule has 2 heteroatoms. The van der Waals surface area contributed by atoms with Gasteiger partial charge in [0.15, 0.2) is 6.10 Å². The molecule has 2 nitrogen and oxygen atoms in total. The van der Waals surface area contributed by atoms with Gasteiger partial charge in [-0.3, -0.25) is 4.79 Å². The highest BCUT2D eigenvalue weighted by Crippen LogP contribution is 2.35. The Kier molecular flexibility index (Phi) is 1.53. The van der Waals surface area contributed by atoms with Gasteiger partial charge in [-0.2, -0.15) is 0 Å². The molecule has 0 aromatic rings. The van der Waals surface area contributed by atoms with Gasteiger partial charge in [-0.05, 0) is 26.7 Å². The van der Waals surface area contributed by atoms with E-state index in [2.05, 4.69) is 11.8 Å². The number of ketones is 1. The van der Waals surface area contributed by atoms with E-state index < -0.39 is 0 Å². The first-order valence-corrected chi connectivity index (χ1v) is 3.22. The molecule has 1 aliphatic heterocycles. The zero-order valence-electron chi connectivity index (χ0n) is 6.39. The van der Waals surface area contributed by atoms with E-state index in [1.807, 2.05) is 13.8 Å². The van der Waals surface area contributed by atoms with Crippen LogP contribution in [0.3, 0.4) is 0 Å². The van der Waals surface area contributed by atoms with Crippen molar-refractivity contribution in [3.8, 4) is 11.8 Å². The van der Waals surface area contributed by atoms with Crippen molar-refractivity contribution in [3.05, 3.63) is 0 Å². The van der Waals surface area contributed by atoms with Crippen LogP contribution in [0, 0.1) is 11.8 Å². The molecule has 0 aromatic heterocycles. The van der Waals surface area contributed by atoms with E-state index >= 15 is 0 Å². The van der Waals surface area contributed by atoms with Gasteiger partial charge < -0.3 is 4.74 Å². The molecule has 0 saturated carbocycles. The minimum absolute atomic E-state index is 0.104. The Morgan fingerprint density at radius 3 is 2.40 bits per heavy atom. The third-order valence-corrected chi connectivity index (χ3v) is 1.48. The zero-order chi connectivity index (χ0) is 7.78. The molecule has 1 unspecified atom stereocenters. The molecule has 0 bridgehead atoms. The Labute approximate surface area is 60.6 Å². The molecule has 0 spiro atoms. The monoisotopic (exact) mass is 138 g/mol. The van der Waals surface area contributed by atoms with Gasteiger partial charge >= 0.3 is 0 Å². The maximum Gasteiger partial charge on any atom is 0.237 e. The third-order valence-electron chi connectivity index (χ3n) is 1.48. The van der Waals surface area contributed by atoms with E-state index in [-0.39, 0.29) is 17.5 Å². The Bertz CT molecular complexity index is 217. The van der Waals surface area contributed by atoms with Crippen LogP contribution >= 0.6 is 0 Å². The summed E-state index contributed by atoms with van der Waals surface area (Å²) in [6.45, 7) is 5.41. The van der Waals surface area contributed by atoms with Crippen molar-refractivity contribution in [2.24, 2.45) is 0 Å². The van der Waals surface area contributed by atoms with Gasteiger partial charge in [0.25, 0.3) is 0 Å². The number of ether oxygens (including phenoxy) is 1. The largest absolute Gasteiger partial charge is 0.357 e. The summed E-state index contributed by atoms with van der Waals surface area (Å²) in [4.78, 5) is 10.9. The number of hydrogen-bond acceptors (Lipinski definition) is 2. The molecule has 0 N–H and O–H groups in total. The topological polar surface area (TPSA) is 29.6 Å². The van der Waals surface area contributed by atoms with Crippen LogP contribution < -0.4 is 0 Å². The summed E-state index contributed by atoms with van der Waals surface area (Å²) in [6, 6.07) is 0. The number of rotatable bonds is 1. The minimum atomic E-state index is -0.278. The Hall–Kier alpha value is -0.810. The normalized spacial score (nSPS) is 26.5. The SMILES string of the molecule is CC#CC(=O)C1OC1(C)C. The van der Waals surface area contributed by atoms with Crippen LogP contribution in [0.1, 0.15) is 20.8 Å². The quantitative estimate of drug-likeness (QED) is 0.304. The van der Waals surface area contributed by atoms with Crippen molar-refractivity contribution in [1.82, 2.24) is 0 Å². The Morgan fingerprint density at radius 1 is 1.60 bits per heavy atom. The molecule has 0 amide bonds. The highest BCUT2D eigenvalue weighted by atomic mass is 16.6. The predicted molar refractivity (Wildman–Crippen MR) is 37.4 cm³/mol. The molecular weight excluding hydrogens is 128 g/mol. The summed E-state index contributed by atoms with van der Waals surface area (Å²) in [5, 5.41) is 0. The fourth-order valence-corrected chi connectivity index (χ4v) is 0.828. The van der Waals surface area contributed by atoms with Crippen LogP contribution in [0.25, 0.3) is 0 Å². The molecule has 0 aromatic carbocycles. The van der Waals surface area contributed by atoms with Gasteiger partial charge in [-0.25, -0.2) is 0 Å². The first-order valence-electron chi connectivity index (χ1n) is 3.22. The van der Waals surface area contributed by atoms with Crippen LogP contribution in [-0.2, 0) is 9.53 Å². The molecule has 0 aliphatic carbocycles. The first kappa shape index (κ1) is 7.30. The van der Waals surface area contributed by atoms with Crippen molar-refractivity contribution in [3.63, 3.8) is 0 Å². The van der Waals surface area contributed by atoms with Gasteiger partial charge in [0.2, 0.25) is 5.78 Å². The second-order valence-electron chi connectivity index (χ2n) is 2.84. The lowest BCUT2D eigenvalue weighted by Crippen LogP contribution is -2.12. The maximum atomic E-state index is 10.9. The summed E-state index contributed by atoms with van der Waals surface area (Å²) in [6.07, 6.45) is -0.278. The Morgan fingerprint density at radius 2 is 2.10 bits per heavy atom. The summed E-state index contributed by atoms with van der Waals surface area (Å²) >= 11 is 0. The average molecular weight is 138 g/mol. The maximum absolute atomic E-state index is 10.9. The van der Waals surface area contributed by atoms with Crippen LogP contribution in [0.2, 0.25) is 0 Å². The lowest BCUT2D eigenvalue weighted by atomic mass is 10.1. The minimum Gasteiger partial charge on any atom is -0.357 e. The predicted octanol–water partition coefficient (Wildman–Crippen LogP) is 0.756. The van der Waals surface area contributed by atoms with Crippen molar-refractivity contribution >= 4 is 5.78 Å². The van der Waals surface area contributed by atoms with Crippen LogP contribution in [0.15, 0.2) is 0 Å². The van der Waals surface area contributed by atoms with Gasteiger partial charge in [0, 0.05) is 0 Å². The molecule has 1 rings (SSSR count). The summed E-state index contributed by atoms with van der Waals surface area (Å²) in [7, 11) is 0. The Balaban J connectivity index is 2.53. The molecule has 1 fully saturated rings. The molecular formula is C8H10O2. The number of carbonyl (C=O) groups excluding carboxylic acids is 1. The van der Waals surface area contributed by atoms with Crippen LogP contribution in [0.4, 0.5) is 0 Å². The van der Waals surface area contributed by atoms with Gasteiger partial charge in [0.1, 0.15) is 0 Å². The second-order valence-corrected chi connectivity index (χ2v) is 2.84. The molecule has 0 radical (unpaired) electrons. The van der Waals surface area contributed by atoms with Crippen molar-refractivity contribution < 1.29 is 9.53 Å². The van der Waals surface area contributed by atoms with Crippen LogP contribution in [-0.4, -0.2) is 17.5 Å². The van der Waals surface area contributed by atoms with Gasteiger partial charge in [-0.15, -0.1) is 0 Å². The zero-order valence-corrected chi connectivity index (χ0v) is 6.39. The summed E-state index contributed by atoms with van der Waals surface area (Å²) in [5.41, 5.74) is -0.263. The van der Waals surface area contributed by atoms with Crippen molar-refractivity contribution in [2.75, 3.05) is 0 Å². The third kappa shape index (κ3) is 1.19. The van der Waals surface area contributed by atoms with Crippen molar-refractivity contribution in [2.45, 2.75) is 32.5 Å².